The molecule has 0 saturated carbocycles. The summed E-state index contributed by atoms with van der Waals surface area (Å²) in [5.41, 5.74) is 2.07. The van der Waals surface area contributed by atoms with E-state index in [2.05, 4.69) is 10.4 Å². The van der Waals surface area contributed by atoms with Gasteiger partial charge in [-0.05, 0) is 19.9 Å². The van der Waals surface area contributed by atoms with E-state index >= 15 is 0 Å². The molecule has 0 aliphatic heterocycles. The van der Waals surface area contributed by atoms with Gasteiger partial charge in [-0.2, -0.15) is 5.10 Å². The van der Waals surface area contributed by atoms with Crippen LogP contribution in [-0.2, 0) is 18.4 Å². The zero-order chi connectivity index (χ0) is 12.3. The maximum atomic E-state index is 11.6. The van der Waals surface area contributed by atoms with Gasteiger partial charge in [0.1, 0.15) is 0 Å². The van der Waals surface area contributed by atoms with Crippen LogP contribution in [0.25, 0.3) is 0 Å². The van der Waals surface area contributed by atoms with Crippen LogP contribution in [0.5, 0.6) is 0 Å². The average molecular weight is 224 g/mol. The van der Waals surface area contributed by atoms with Gasteiger partial charge in [-0.3, -0.25) is 9.48 Å². The van der Waals surface area contributed by atoms with E-state index in [-0.39, 0.29) is 11.9 Å². The molecule has 1 atom stereocenters. The van der Waals surface area contributed by atoms with Crippen LogP contribution >= 0.6 is 0 Å². The molecule has 0 fully saturated rings. The van der Waals surface area contributed by atoms with E-state index in [1.807, 2.05) is 31.6 Å². The predicted octanol–water partition coefficient (Wildman–Crippen LogP) is 0.295. The Morgan fingerprint density at radius 1 is 1.62 bits per heavy atom. The van der Waals surface area contributed by atoms with Crippen molar-refractivity contribution in [2.24, 2.45) is 7.05 Å². The minimum Gasteiger partial charge on any atom is -0.347 e. The summed E-state index contributed by atoms with van der Waals surface area (Å²) in [7, 11) is 5.42. The summed E-state index contributed by atoms with van der Waals surface area (Å²) < 4.78 is 1.83. The van der Waals surface area contributed by atoms with Gasteiger partial charge in [-0.15, -0.1) is 0 Å². The first-order valence-electron chi connectivity index (χ1n) is 5.36. The van der Waals surface area contributed by atoms with E-state index < -0.39 is 0 Å². The molecule has 1 aromatic heterocycles. The lowest BCUT2D eigenvalue weighted by Crippen LogP contribution is -2.41. The SMILES string of the molecule is Cc1cc(CNC(C)C(=O)N(C)C)n(C)n1. The van der Waals surface area contributed by atoms with Crippen LogP contribution in [-0.4, -0.2) is 40.7 Å². The molecular weight excluding hydrogens is 204 g/mol. The number of aromatic nitrogens is 2. The maximum Gasteiger partial charge on any atom is 0.238 e. The molecule has 1 unspecified atom stereocenters. The molecular formula is C11H20N4O. The quantitative estimate of drug-likeness (QED) is 0.800. The topological polar surface area (TPSA) is 50.2 Å². The largest absolute Gasteiger partial charge is 0.347 e. The van der Waals surface area contributed by atoms with Gasteiger partial charge in [0.25, 0.3) is 0 Å². The molecule has 0 spiro atoms. The smallest absolute Gasteiger partial charge is 0.238 e. The van der Waals surface area contributed by atoms with Crippen LogP contribution in [0.1, 0.15) is 18.3 Å². The molecule has 0 saturated heterocycles. The molecule has 5 heteroatoms. The van der Waals surface area contributed by atoms with E-state index in [0.29, 0.717) is 6.54 Å². The molecule has 1 aromatic rings. The highest BCUT2D eigenvalue weighted by Gasteiger charge is 2.14. The molecule has 16 heavy (non-hydrogen) atoms. The third-order valence-corrected chi connectivity index (χ3v) is 2.50. The number of likely N-dealkylation sites (N-methyl/N-ethyl adjacent to an activating group) is 1. The fourth-order valence-electron chi connectivity index (χ4n) is 1.56. The Kier molecular flexibility index (Phi) is 4.06. The minimum atomic E-state index is -0.176. The molecule has 90 valence electrons. The summed E-state index contributed by atoms with van der Waals surface area (Å²) >= 11 is 0. The molecule has 1 N–H and O–H groups in total. The third kappa shape index (κ3) is 3.06. The van der Waals surface area contributed by atoms with Gasteiger partial charge in [-0.25, -0.2) is 0 Å². The number of hydrogen-bond acceptors (Lipinski definition) is 3. The Morgan fingerprint density at radius 2 is 2.25 bits per heavy atom. The van der Waals surface area contributed by atoms with Crippen LogP contribution < -0.4 is 5.32 Å². The third-order valence-electron chi connectivity index (χ3n) is 2.50. The van der Waals surface area contributed by atoms with Crippen LogP contribution in [0.15, 0.2) is 6.07 Å². The number of hydrogen-bond donors (Lipinski definition) is 1. The minimum absolute atomic E-state index is 0.0823. The normalized spacial score (nSPS) is 12.6. The molecule has 0 aliphatic carbocycles. The van der Waals surface area contributed by atoms with Crippen LogP contribution in [0, 0.1) is 6.92 Å². The molecule has 0 aliphatic rings. The zero-order valence-corrected chi connectivity index (χ0v) is 10.6. The van der Waals surface area contributed by atoms with Gasteiger partial charge < -0.3 is 10.2 Å². The number of amides is 1. The van der Waals surface area contributed by atoms with Gasteiger partial charge >= 0.3 is 0 Å². The number of carbonyl (C=O) groups is 1. The van der Waals surface area contributed by atoms with E-state index in [1.54, 1.807) is 19.0 Å². The lowest BCUT2D eigenvalue weighted by molar-refractivity contribution is -0.130. The lowest BCUT2D eigenvalue weighted by Gasteiger charge is -2.17. The van der Waals surface area contributed by atoms with Crippen molar-refractivity contribution in [3.63, 3.8) is 0 Å². The summed E-state index contributed by atoms with van der Waals surface area (Å²) in [6.45, 7) is 4.47. The Morgan fingerprint density at radius 3 is 2.69 bits per heavy atom. The number of nitrogens with zero attached hydrogens (tertiary/aromatic N) is 3. The first-order chi connectivity index (χ1) is 7.41. The molecule has 0 aromatic carbocycles. The molecule has 1 amide bonds. The van der Waals surface area contributed by atoms with Crippen LogP contribution in [0.4, 0.5) is 0 Å². The summed E-state index contributed by atoms with van der Waals surface area (Å²) in [6, 6.07) is 1.84. The highest BCUT2D eigenvalue weighted by atomic mass is 16.2. The van der Waals surface area contributed by atoms with E-state index in [1.165, 1.54) is 0 Å². The van der Waals surface area contributed by atoms with Crippen LogP contribution in [0.3, 0.4) is 0 Å². The molecule has 1 rings (SSSR count). The fraction of sp³-hybridized carbons (Fsp3) is 0.636. The Labute approximate surface area is 96.4 Å². The Hall–Kier alpha value is -1.36. The highest BCUT2D eigenvalue weighted by molar-refractivity contribution is 5.80. The maximum absolute atomic E-state index is 11.6. The second kappa shape index (κ2) is 5.12. The summed E-state index contributed by atoms with van der Waals surface area (Å²) in [5.74, 6) is 0.0823. The Bertz CT molecular complexity index is 370. The van der Waals surface area contributed by atoms with E-state index in [4.69, 9.17) is 0 Å². The second-order valence-corrected chi connectivity index (χ2v) is 4.24. The van der Waals surface area contributed by atoms with Crippen molar-refractivity contribution in [2.75, 3.05) is 14.1 Å². The predicted molar refractivity (Wildman–Crippen MR) is 62.9 cm³/mol. The molecule has 5 nitrogen and oxygen atoms in total. The van der Waals surface area contributed by atoms with Gasteiger partial charge in [0.05, 0.1) is 17.4 Å². The Balaban J connectivity index is 2.52. The highest BCUT2D eigenvalue weighted by Crippen LogP contribution is 2.01. The van der Waals surface area contributed by atoms with Crippen molar-refractivity contribution in [1.29, 1.82) is 0 Å². The number of aryl methyl sites for hydroxylation is 2. The lowest BCUT2D eigenvalue weighted by atomic mass is 10.3. The zero-order valence-electron chi connectivity index (χ0n) is 10.6. The monoisotopic (exact) mass is 224 g/mol. The van der Waals surface area contributed by atoms with Gasteiger partial charge in [0.2, 0.25) is 5.91 Å². The number of carbonyl (C=O) groups excluding carboxylic acids is 1. The van der Waals surface area contributed by atoms with E-state index in [0.717, 1.165) is 11.4 Å². The van der Waals surface area contributed by atoms with E-state index in [9.17, 15) is 4.79 Å². The average Bonchev–Trinajstić information content (AvgIpc) is 2.52. The molecule has 1 heterocycles. The van der Waals surface area contributed by atoms with Gasteiger partial charge in [0, 0.05) is 27.7 Å². The first kappa shape index (κ1) is 12.7. The van der Waals surface area contributed by atoms with Crippen molar-refractivity contribution < 1.29 is 4.79 Å². The fourth-order valence-corrected chi connectivity index (χ4v) is 1.56. The van der Waals surface area contributed by atoms with Gasteiger partial charge in [-0.1, -0.05) is 0 Å². The van der Waals surface area contributed by atoms with Crippen molar-refractivity contribution in [3.8, 4) is 0 Å². The summed E-state index contributed by atoms with van der Waals surface area (Å²) in [5, 5.41) is 7.43. The molecule has 0 radical (unpaired) electrons. The first-order valence-corrected chi connectivity index (χ1v) is 5.36. The van der Waals surface area contributed by atoms with Crippen molar-refractivity contribution in [3.05, 3.63) is 17.5 Å². The van der Waals surface area contributed by atoms with Crippen molar-refractivity contribution in [2.45, 2.75) is 26.4 Å². The second-order valence-electron chi connectivity index (χ2n) is 4.24. The molecule has 0 bridgehead atoms. The number of rotatable bonds is 4. The van der Waals surface area contributed by atoms with Crippen molar-refractivity contribution >= 4 is 5.91 Å². The van der Waals surface area contributed by atoms with Crippen molar-refractivity contribution in [1.82, 2.24) is 20.0 Å². The standard InChI is InChI=1S/C11H20N4O/c1-8-6-10(15(5)13-8)7-12-9(2)11(16)14(3)4/h6,9,12H,7H2,1-5H3. The summed E-state index contributed by atoms with van der Waals surface area (Å²) in [4.78, 5) is 13.2. The summed E-state index contributed by atoms with van der Waals surface area (Å²) in [6.07, 6.45) is 0. The number of nitrogens with one attached hydrogen (secondary N) is 1. The van der Waals surface area contributed by atoms with Gasteiger partial charge in [0.15, 0.2) is 0 Å². The van der Waals surface area contributed by atoms with Crippen LogP contribution in [0.2, 0.25) is 0 Å².